The lowest BCUT2D eigenvalue weighted by Gasteiger charge is -2.29. The lowest BCUT2D eigenvalue weighted by molar-refractivity contribution is -0.156. The molecule has 0 spiro atoms. The fourth-order valence-corrected chi connectivity index (χ4v) is 1.66. The zero-order valence-electron chi connectivity index (χ0n) is 10.2. The van der Waals surface area contributed by atoms with E-state index < -0.39 is 17.5 Å². The molecule has 17 heavy (non-hydrogen) atoms. The molecule has 0 aliphatic rings. The van der Waals surface area contributed by atoms with Crippen LogP contribution in [-0.4, -0.2) is 17.7 Å². The summed E-state index contributed by atoms with van der Waals surface area (Å²) in [6.45, 7) is 5.28. The Morgan fingerprint density at radius 1 is 1.47 bits per heavy atom. The second-order valence-electron chi connectivity index (χ2n) is 4.13. The van der Waals surface area contributed by atoms with Gasteiger partial charge in [0.25, 0.3) is 0 Å². The zero-order chi connectivity index (χ0) is 13.1. The molecule has 0 bridgehead atoms. The molecule has 1 aromatic carbocycles. The van der Waals surface area contributed by atoms with Crippen LogP contribution in [0.15, 0.2) is 24.3 Å². The van der Waals surface area contributed by atoms with Crippen LogP contribution in [0.5, 0.6) is 0 Å². The van der Waals surface area contributed by atoms with Crippen molar-refractivity contribution in [2.75, 3.05) is 6.61 Å². The monoisotopic (exact) mass is 256 g/mol. The predicted molar refractivity (Wildman–Crippen MR) is 66.8 cm³/mol. The fourth-order valence-electron chi connectivity index (χ4n) is 1.53. The van der Waals surface area contributed by atoms with Crippen molar-refractivity contribution >= 4 is 17.6 Å². The van der Waals surface area contributed by atoms with Gasteiger partial charge in [-0.15, -0.1) is 0 Å². The minimum atomic E-state index is -1.27. The summed E-state index contributed by atoms with van der Waals surface area (Å²) in [6.07, 6.45) is 0. The summed E-state index contributed by atoms with van der Waals surface area (Å²) in [5.74, 6) is -1.05. The van der Waals surface area contributed by atoms with Crippen molar-refractivity contribution < 1.29 is 14.6 Å². The Labute approximate surface area is 106 Å². The number of carbonyl (C=O) groups excluding carboxylic acids is 1. The molecule has 0 aliphatic carbocycles. The highest BCUT2D eigenvalue weighted by molar-refractivity contribution is 6.30. The maximum atomic E-state index is 11.6. The van der Waals surface area contributed by atoms with E-state index in [2.05, 4.69) is 0 Å². The van der Waals surface area contributed by atoms with Crippen LogP contribution in [-0.2, 0) is 15.1 Å². The largest absolute Gasteiger partial charge is 0.466 e. The van der Waals surface area contributed by atoms with E-state index in [1.807, 2.05) is 0 Å². The van der Waals surface area contributed by atoms with Crippen LogP contribution < -0.4 is 0 Å². The maximum Gasteiger partial charge on any atom is 0.311 e. The van der Waals surface area contributed by atoms with Crippen molar-refractivity contribution in [2.45, 2.75) is 26.4 Å². The van der Waals surface area contributed by atoms with Crippen molar-refractivity contribution in [3.63, 3.8) is 0 Å². The molecule has 2 unspecified atom stereocenters. The maximum absolute atomic E-state index is 11.6. The highest BCUT2D eigenvalue weighted by Crippen LogP contribution is 2.30. The normalized spacial score (nSPS) is 16.1. The molecule has 0 aromatic heterocycles. The number of halogens is 1. The third-order valence-electron chi connectivity index (χ3n) is 2.91. The minimum absolute atomic E-state index is 0.305. The van der Waals surface area contributed by atoms with Crippen molar-refractivity contribution in [3.05, 3.63) is 34.9 Å². The second kappa shape index (κ2) is 5.52. The van der Waals surface area contributed by atoms with Crippen LogP contribution in [0.1, 0.15) is 26.3 Å². The first-order chi connectivity index (χ1) is 7.89. The Balaban J connectivity index is 2.93. The van der Waals surface area contributed by atoms with Gasteiger partial charge in [-0.2, -0.15) is 0 Å². The number of benzene rings is 1. The first-order valence-corrected chi connectivity index (χ1v) is 5.92. The number of rotatable bonds is 4. The highest BCUT2D eigenvalue weighted by atomic mass is 35.5. The van der Waals surface area contributed by atoms with Crippen molar-refractivity contribution in [1.82, 2.24) is 0 Å². The lowest BCUT2D eigenvalue weighted by atomic mass is 9.84. The van der Waals surface area contributed by atoms with Gasteiger partial charge >= 0.3 is 5.97 Å². The summed E-state index contributed by atoms with van der Waals surface area (Å²) in [4.78, 5) is 11.6. The number of hydrogen-bond acceptors (Lipinski definition) is 3. The van der Waals surface area contributed by atoms with Crippen LogP contribution in [0.3, 0.4) is 0 Å². The van der Waals surface area contributed by atoms with Crippen LogP contribution in [0.25, 0.3) is 0 Å². The first kappa shape index (κ1) is 14.0. The molecule has 0 saturated heterocycles. The Bertz CT molecular complexity index is 384. The van der Waals surface area contributed by atoms with Crippen molar-refractivity contribution in [3.8, 4) is 0 Å². The molecule has 94 valence electrons. The summed E-state index contributed by atoms with van der Waals surface area (Å²) < 4.78 is 4.91. The smallest absolute Gasteiger partial charge is 0.311 e. The number of ether oxygens (including phenoxy) is 1. The summed E-state index contributed by atoms with van der Waals surface area (Å²) in [6, 6.07) is 6.78. The van der Waals surface area contributed by atoms with Gasteiger partial charge in [0.1, 0.15) is 0 Å². The van der Waals surface area contributed by atoms with Crippen molar-refractivity contribution in [1.29, 1.82) is 0 Å². The van der Waals surface area contributed by atoms with E-state index in [-0.39, 0.29) is 0 Å². The SMILES string of the molecule is CCOC(=O)C(C)C(C)(O)c1ccc(Cl)cc1. The third-order valence-corrected chi connectivity index (χ3v) is 3.16. The van der Waals surface area contributed by atoms with E-state index in [0.717, 1.165) is 0 Å². The summed E-state index contributed by atoms with van der Waals surface area (Å²) in [5.41, 5.74) is -0.626. The number of hydrogen-bond donors (Lipinski definition) is 1. The van der Waals surface area contributed by atoms with Crippen LogP contribution in [0.2, 0.25) is 5.02 Å². The molecule has 0 saturated carbocycles. The van der Waals surface area contributed by atoms with Gasteiger partial charge < -0.3 is 9.84 Å². The molecule has 0 amide bonds. The first-order valence-electron chi connectivity index (χ1n) is 5.54. The summed E-state index contributed by atoms with van der Waals surface area (Å²) in [5, 5.41) is 11.0. The molecular formula is C13H17ClO3. The quantitative estimate of drug-likeness (QED) is 0.843. The average Bonchev–Trinajstić information content (AvgIpc) is 2.29. The third kappa shape index (κ3) is 3.20. The second-order valence-corrected chi connectivity index (χ2v) is 4.56. The fraction of sp³-hybridized carbons (Fsp3) is 0.462. The standard InChI is InChI=1S/C13H17ClO3/c1-4-17-12(15)9(2)13(3,16)10-5-7-11(14)8-6-10/h5-9,16H,4H2,1-3H3. The lowest BCUT2D eigenvalue weighted by Crippen LogP contribution is -2.36. The molecule has 0 fully saturated rings. The molecular weight excluding hydrogens is 240 g/mol. The van der Waals surface area contributed by atoms with Crippen LogP contribution in [0.4, 0.5) is 0 Å². The van der Waals surface area contributed by atoms with Gasteiger partial charge in [0.2, 0.25) is 0 Å². The Morgan fingerprint density at radius 2 is 2.00 bits per heavy atom. The zero-order valence-corrected chi connectivity index (χ0v) is 11.0. The summed E-state index contributed by atoms with van der Waals surface area (Å²) >= 11 is 5.78. The van der Waals surface area contributed by atoms with Gasteiger partial charge in [0, 0.05) is 5.02 Å². The molecule has 0 aliphatic heterocycles. The average molecular weight is 257 g/mol. The van der Waals surface area contributed by atoms with Crippen LogP contribution in [0, 0.1) is 5.92 Å². The molecule has 3 nitrogen and oxygen atoms in total. The van der Waals surface area contributed by atoms with Gasteiger partial charge in [0.05, 0.1) is 18.1 Å². The molecule has 1 rings (SSSR count). The number of carbonyl (C=O) groups is 1. The van der Waals surface area contributed by atoms with Gasteiger partial charge in [-0.05, 0) is 38.5 Å². The van der Waals surface area contributed by atoms with E-state index in [9.17, 15) is 9.90 Å². The number of aliphatic hydroxyl groups is 1. The molecule has 1 aromatic rings. The molecule has 0 heterocycles. The van der Waals surface area contributed by atoms with Crippen LogP contribution >= 0.6 is 11.6 Å². The highest BCUT2D eigenvalue weighted by Gasteiger charge is 2.36. The van der Waals surface area contributed by atoms with Gasteiger partial charge in [-0.3, -0.25) is 4.79 Å². The Kier molecular flexibility index (Phi) is 4.54. The van der Waals surface area contributed by atoms with E-state index in [1.54, 1.807) is 45.0 Å². The summed E-state index contributed by atoms with van der Waals surface area (Å²) in [7, 11) is 0. The predicted octanol–water partition coefficient (Wildman–Crippen LogP) is 2.75. The number of esters is 1. The molecule has 2 atom stereocenters. The molecule has 1 N–H and O–H groups in total. The van der Waals surface area contributed by atoms with Gasteiger partial charge in [0.15, 0.2) is 0 Å². The van der Waals surface area contributed by atoms with Gasteiger partial charge in [-0.25, -0.2) is 0 Å². The van der Waals surface area contributed by atoms with E-state index in [4.69, 9.17) is 16.3 Å². The van der Waals surface area contributed by atoms with E-state index in [1.165, 1.54) is 0 Å². The Morgan fingerprint density at radius 3 is 2.47 bits per heavy atom. The topological polar surface area (TPSA) is 46.5 Å². The Hall–Kier alpha value is -1.06. The molecule has 0 radical (unpaired) electrons. The van der Waals surface area contributed by atoms with E-state index >= 15 is 0 Å². The molecule has 4 heteroatoms. The van der Waals surface area contributed by atoms with Crippen molar-refractivity contribution in [2.24, 2.45) is 5.92 Å². The minimum Gasteiger partial charge on any atom is -0.466 e. The van der Waals surface area contributed by atoms with E-state index in [0.29, 0.717) is 17.2 Å². The van der Waals surface area contributed by atoms with Gasteiger partial charge in [-0.1, -0.05) is 23.7 Å².